The van der Waals surface area contributed by atoms with Gasteiger partial charge in [-0.3, -0.25) is 24.6 Å². The molecular weight excluding hydrogens is 532 g/mol. The largest absolute Gasteiger partial charge is 0.479 e. The first-order valence-electron chi connectivity index (χ1n) is 14.0. The SMILES string of the molecule is CC1=CC(C(=O)O)(N2C(=O)N(c3cnccn3)C3(CCN(Cc4ncccc4C)CC3)C2=O)C=CC1c1ccccc1. The van der Waals surface area contributed by atoms with Crippen LogP contribution in [0.3, 0.4) is 0 Å². The van der Waals surface area contributed by atoms with Crippen molar-refractivity contribution in [3.8, 4) is 0 Å². The molecule has 3 amide bonds. The zero-order valence-electron chi connectivity index (χ0n) is 23.6. The predicted octanol–water partition coefficient (Wildman–Crippen LogP) is 4.11. The van der Waals surface area contributed by atoms with Crippen molar-refractivity contribution < 1.29 is 19.5 Å². The van der Waals surface area contributed by atoms with E-state index in [1.54, 1.807) is 12.3 Å². The number of aryl methyl sites for hydroxylation is 1. The van der Waals surface area contributed by atoms with Crippen LogP contribution >= 0.6 is 0 Å². The number of anilines is 1. The predicted molar refractivity (Wildman–Crippen MR) is 155 cm³/mol. The molecule has 3 aliphatic rings. The molecule has 10 nitrogen and oxygen atoms in total. The number of carbonyl (C=O) groups excluding carboxylic acids is 2. The average molecular weight is 565 g/mol. The molecule has 10 heteroatoms. The number of nitrogens with zero attached hydrogens (tertiary/aromatic N) is 6. The number of hydrogen-bond acceptors (Lipinski definition) is 7. The van der Waals surface area contributed by atoms with Crippen molar-refractivity contribution in [3.05, 3.63) is 108 Å². The van der Waals surface area contributed by atoms with Gasteiger partial charge in [0.1, 0.15) is 5.54 Å². The highest BCUT2D eigenvalue weighted by Gasteiger charge is 2.65. The molecule has 214 valence electrons. The normalized spacial score (nSPS) is 23.9. The van der Waals surface area contributed by atoms with Gasteiger partial charge < -0.3 is 5.11 Å². The second-order valence-corrected chi connectivity index (χ2v) is 11.2. The minimum atomic E-state index is -1.98. The summed E-state index contributed by atoms with van der Waals surface area (Å²) in [4.78, 5) is 59.4. The van der Waals surface area contributed by atoms with E-state index in [0.717, 1.165) is 27.3 Å². The Hall–Kier alpha value is -4.70. The standard InChI is InChI=1S/C32H32N6O4/c1-22-7-6-14-34-26(22)21-36-17-12-31(13-18-36)28(39)38(30(42)37(31)27-20-33-15-16-35-27)32(29(40)41)11-10-25(23(2)19-32)24-8-4-3-5-9-24/h3-11,14-16,19-20,25H,12-13,17-18,21H2,1-2H3,(H,40,41). The van der Waals surface area contributed by atoms with Crippen molar-refractivity contribution in [3.63, 3.8) is 0 Å². The van der Waals surface area contributed by atoms with Crippen LogP contribution in [0.25, 0.3) is 0 Å². The fourth-order valence-electron chi connectivity index (χ4n) is 6.42. The van der Waals surface area contributed by atoms with E-state index >= 15 is 0 Å². The van der Waals surface area contributed by atoms with Crippen LogP contribution in [0, 0.1) is 6.92 Å². The number of amides is 3. The van der Waals surface area contributed by atoms with Crippen LogP contribution in [0.4, 0.5) is 10.6 Å². The smallest absolute Gasteiger partial charge is 0.338 e. The molecule has 3 aromatic rings. The van der Waals surface area contributed by atoms with Gasteiger partial charge in [0.15, 0.2) is 11.4 Å². The van der Waals surface area contributed by atoms with Gasteiger partial charge in [-0.05, 0) is 56.0 Å². The topological polar surface area (TPSA) is 120 Å². The summed E-state index contributed by atoms with van der Waals surface area (Å²) >= 11 is 0. The van der Waals surface area contributed by atoms with Crippen LogP contribution < -0.4 is 4.90 Å². The van der Waals surface area contributed by atoms with Crippen molar-refractivity contribution in [2.45, 2.75) is 50.2 Å². The van der Waals surface area contributed by atoms with E-state index in [1.165, 1.54) is 35.6 Å². The number of urea groups is 1. The third kappa shape index (κ3) is 4.39. The zero-order valence-corrected chi connectivity index (χ0v) is 23.6. The van der Waals surface area contributed by atoms with E-state index in [0.29, 0.717) is 32.5 Å². The minimum Gasteiger partial charge on any atom is -0.479 e. The van der Waals surface area contributed by atoms with Crippen LogP contribution in [0.5, 0.6) is 0 Å². The van der Waals surface area contributed by atoms with Gasteiger partial charge in [-0.1, -0.05) is 48.0 Å². The summed E-state index contributed by atoms with van der Waals surface area (Å²) < 4.78 is 0. The monoisotopic (exact) mass is 564 g/mol. The number of imide groups is 1. The van der Waals surface area contributed by atoms with E-state index in [1.807, 2.05) is 56.3 Å². The Bertz CT molecular complexity index is 1580. The van der Waals surface area contributed by atoms with Crippen molar-refractivity contribution in [2.75, 3.05) is 18.0 Å². The lowest BCUT2D eigenvalue weighted by molar-refractivity contribution is -0.150. The number of hydrogen-bond donors (Lipinski definition) is 1. The molecule has 6 rings (SSSR count). The number of carboxylic acids is 1. The number of carbonyl (C=O) groups is 3. The van der Waals surface area contributed by atoms with Gasteiger partial charge in [0.25, 0.3) is 5.91 Å². The van der Waals surface area contributed by atoms with Gasteiger partial charge in [-0.2, -0.15) is 0 Å². The number of pyridine rings is 1. The molecule has 2 saturated heterocycles. The van der Waals surface area contributed by atoms with E-state index < -0.39 is 29.0 Å². The fraction of sp³-hybridized carbons (Fsp3) is 0.312. The molecule has 0 radical (unpaired) electrons. The molecule has 1 spiro atoms. The Kier molecular flexibility index (Phi) is 6.94. The van der Waals surface area contributed by atoms with Crippen molar-refractivity contribution in [2.24, 2.45) is 0 Å². The van der Waals surface area contributed by atoms with E-state index in [4.69, 9.17) is 0 Å². The number of allylic oxidation sites excluding steroid dienone is 2. The summed E-state index contributed by atoms with van der Waals surface area (Å²) in [6, 6.07) is 12.9. The lowest BCUT2D eigenvalue weighted by atomic mass is 9.79. The Morgan fingerprint density at radius 3 is 2.38 bits per heavy atom. The Balaban J connectivity index is 1.37. The maximum Gasteiger partial charge on any atom is 0.338 e. The molecule has 4 heterocycles. The van der Waals surface area contributed by atoms with Crippen molar-refractivity contribution in [1.82, 2.24) is 24.8 Å². The highest BCUT2D eigenvalue weighted by Crippen LogP contribution is 2.45. The summed E-state index contributed by atoms with van der Waals surface area (Å²) in [5.74, 6) is -1.79. The van der Waals surface area contributed by atoms with Crippen LogP contribution in [-0.2, 0) is 16.1 Å². The van der Waals surface area contributed by atoms with Gasteiger partial charge in [-0.25, -0.2) is 19.5 Å². The first-order valence-corrected chi connectivity index (χ1v) is 14.0. The highest BCUT2D eigenvalue weighted by atomic mass is 16.4. The van der Waals surface area contributed by atoms with Gasteiger partial charge in [0, 0.05) is 44.1 Å². The summed E-state index contributed by atoms with van der Waals surface area (Å²) in [5, 5.41) is 10.6. The van der Waals surface area contributed by atoms with Gasteiger partial charge in [-0.15, -0.1) is 0 Å². The van der Waals surface area contributed by atoms with E-state index in [2.05, 4.69) is 19.9 Å². The summed E-state index contributed by atoms with van der Waals surface area (Å²) in [6.07, 6.45) is 11.6. The maximum absolute atomic E-state index is 14.5. The second-order valence-electron chi connectivity index (χ2n) is 11.2. The molecule has 2 aliphatic heterocycles. The molecule has 1 N–H and O–H groups in total. The van der Waals surface area contributed by atoms with Crippen LogP contribution in [0.2, 0.25) is 0 Å². The summed E-state index contributed by atoms with van der Waals surface area (Å²) in [5.41, 5.74) is 0.501. The van der Waals surface area contributed by atoms with Crippen molar-refractivity contribution >= 4 is 23.7 Å². The Morgan fingerprint density at radius 2 is 1.74 bits per heavy atom. The number of likely N-dealkylation sites (tertiary alicyclic amines) is 1. The Morgan fingerprint density at radius 1 is 0.976 bits per heavy atom. The summed E-state index contributed by atoms with van der Waals surface area (Å²) in [6.45, 7) is 5.49. The number of aromatic nitrogens is 3. The number of benzene rings is 1. The molecular formula is C32H32N6O4. The third-order valence-corrected chi connectivity index (χ3v) is 8.72. The molecule has 42 heavy (non-hydrogen) atoms. The second kappa shape index (κ2) is 10.6. The third-order valence-electron chi connectivity index (χ3n) is 8.72. The molecule has 2 fully saturated rings. The summed E-state index contributed by atoms with van der Waals surface area (Å²) in [7, 11) is 0. The lowest BCUT2D eigenvalue weighted by Crippen LogP contribution is -2.59. The maximum atomic E-state index is 14.5. The zero-order chi connectivity index (χ0) is 29.5. The molecule has 2 aromatic heterocycles. The molecule has 0 saturated carbocycles. The highest BCUT2D eigenvalue weighted by molar-refractivity contribution is 6.19. The first-order chi connectivity index (χ1) is 20.3. The van der Waals surface area contributed by atoms with Gasteiger partial charge in [0.2, 0.25) is 0 Å². The van der Waals surface area contributed by atoms with Crippen LogP contribution in [0.1, 0.15) is 42.5 Å². The molecule has 2 atom stereocenters. The average Bonchev–Trinajstić information content (AvgIpc) is 3.21. The fourth-order valence-corrected chi connectivity index (χ4v) is 6.42. The molecule has 1 aliphatic carbocycles. The van der Waals surface area contributed by atoms with E-state index in [-0.39, 0.29) is 11.7 Å². The van der Waals surface area contributed by atoms with E-state index in [9.17, 15) is 19.5 Å². The number of rotatable bonds is 6. The van der Waals surface area contributed by atoms with Crippen molar-refractivity contribution in [1.29, 1.82) is 0 Å². The quantitative estimate of drug-likeness (QED) is 0.351. The molecule has 1 aromatic carbocycles. The van der Waals surface area contributed by atoms with Crippen LogP contribution in [0.15, 0.2) is 91.1 Å². The molecule has 0 bridgehead atoms. The number of carboxylic acid groups (broad SMARTS) is 1. The first kappa shape index (κ1) is 27.5. The number of piperidine rings is 1. The van der Waals surface area contributed by atoms with Gasteiger partial charge >= 0.3 is 12.0 Å². The minimum absolute atomic E-state index is 0.171. The number of aliphatic carboxylic acids is 1. The van der Waals surface area contributed by atoms with Crippen LogP contribution in [-0.4, -0.2) is 71.9 Å². The molecule has 2 unspecified atom stereocenters. The van der Waals surface area contributed by atoms with Gasteiger partial charge in [0.05, 0.1) is 11.9 Å². The lowest BCUT2D eigenvalue weighted by Gasteiger charge is -2.41. The Labute approximate surface area is 244 Å².